The molecule has 0 amide bonds. The van der Waals surface area contributed by atoms with Crippen LogP contribution in [0.1, 0.15) is 12.5 Å². The van der Waals surface area contributed by atoms with Crippen molar-refractivity contribution < 1.29 is 59.8 Å². The quantitative estimate of drug-likeness (QED) is 0.609. The number of aromatic nitrogens is 1. The van der Waals surface area contributed by atoms with Crippen molar-refractivity contribution in [3.05, 3.63) is 35.6 Å². The van der Waals surface area contributed by atoms with Crippen molar-refractivity contribution >= 4 is 15.6 Å². The molecule has 0 aliphatic heterocycles. The molecule has 1 rings (SSSR count). The summed E-state index contributed by atoms with van der Waals surface area (Å²) < 4.78 is 21.4. The summed E-state index contributed by atoms with van der Waals surface area (Å²) in [6, 6.07) is 2.88. The van der Waals surface area contributed by atoms with Crippen molar-refractivity contribution in [2.24, 2.45) is 0 Å². The van der Waals surface area contributed by atoms with E-state index in [9.17, 15) is 8.42 Å². The molecule has 0 unspecified atom stereocenters. The molecule has 0 atom stereocenters. The van der Waals surface area contributed by atoms with E-state index in [1.807, 2.05) is 0 Å². The molecular weight excluding hydrogens is 227 g/mol. The summed E-state index contributed by atoms with van der Waals surface area (Å²) in [5, 5.41) is 6.50. The van der Waals surface area contributed by atoms with Gasteiger partial charge in [-0.2, -0.15) is 0 Å². The Morgan fingerprint density at radius 1 is 1.50 bits per heavy atom. The van der Waals surface area contributed by atoms with Gasteiger partial charge in [0.05, 0.1) is 0 Å². The molecule has 0 aliphatic rings. The summed E-state index contributed by atoms with van der Waals surface area (Å²) in [7, 11) is -3.94. The normalized spacial score (nSPS) is 10.4. The van der Waals surface area contributed by atoms with Gasteiger partial charge < -0.3 is 5.14 Å². The zero-order chi connectivity index (χ0) is 10.1. The summed E-state index contributed by atoms with van der Waals surface area (Å²) in [6.45, 7) is 5.48. The Bertz CT molecular complexity index is 425. The van der Waals surface area contributed by atoms with Gasteiger partial charge in [0.15, 0.2) is 0 Å². The summed E-state index contributed by atoms with van der Waals surface area (Å²) in [6.07, 6.45) is 1.39. The summed E-state index contributed by atoms with van der Waals surface area (Å²) in [4.78, 5) is 3.63. The maximum absolute atomic E-state index is 10.7. The fourth-order valence-electron chi connectivity index (χ4n) is 0.792. The molecule has 70 valence electrons. The summed E-state index contributed by atoms with van der Waals surface area (Å²) in [5.74, 6) is 0. The van der Waals surface area contributed by atoms with Crippen molar-refractivity contribution in [2.75, 3.05) is 0 Å². The zero-order valence-electron chi connectivity index (χ0n) is 8.11. The Balaban J connectivity index is 0.00000169. The molecule has 14 heavy (non-hydrogen) atoms. The first-order valence-corrected chi connectivity index (χ1v) is 5.01. The number of hydrogen-bond acceptors (Lipinski definition) is 3. The van der Waals surface area contributed by atoms with Gasteiger partial charge >= 0.3 is 51.4 Å². The first kappa shape index (κ1) is 14.4. The van der Waals surface area contributed by atoms with Crippen LogP contribution in [0.25, 0.3) is 10.7 Å². The number of hydrogen-bond donors (Lipinski definition) is 0. The van der Waals surface area contributed by atoms with Crippen LogP contribution in [0, 0.1) is 0 Å². The molecule has 0 radical (unpaired) electrons. The van der Waals surface area contributed by atoms with Gasteiger partial charge in [-0.05, 0) is 24.1 Å². The van der Waals surface area contributed by atoms with Crippen LogP contribution in [-0.2, 0) is 10.0 Å². The molecule has 1 aromatic heterocycles. The van der Waals surface area contributed by atoms with Crippen molar-refractivity contribution in [3.8, 4) is 0 Å². The van der Waals surface area contributed by atoms with E-state index in [2.05, 4.69) is 11.6 Å². The Kier molecular flexibility index (Phi) is 5.67. The third-order valence-electron chi connectivity index (χ3n) is 1.50. The molecule has 0 aliphatic carbocycles. The number of nitrogens with zero attached hydrogens (tertiary/aromatic N) is 1. The van der Waals surface area contributed by atoms with Crippen LogP contribution in [0.5, 0.6) is 0 Å². The third kappa shape index (κ3) is 3.89. The average molecular weight is 236 g/mol. The smallest absolute Gasteiger partial charge is 0.558 e. The van der Waals surface area contributed by atoms with Gasteiger partial charge in [-0.15, -0.1) is 0 Å². The van der Waals surface area contributed by atoms with E-state index in [4.69, 9.17) is 5.14 Å². The second-order valence-corrected chi connectivity index (χ2v) is 4.09. The van der Waals surface area contributed by atoms with Gasteiger partial charge in [-0.25, -0.2) is 13.4 Å². The second kappa shape index (κ2) is 5.50. The molecule has 6 heteroatoms. The Morgan fingerprint density at radius 3 is 2.36 bits per heavy atom. The predicted octanol–water partition coefficient (Wildman–Crippen LogP) is -1.14. The molecular formula is C8H9KN2O2S. The van der Waals surface area contributed by atoms with E-state index in [-0.39, 0.29) is 56.4 Å². The van der Waals surface area contributed by atoms with Crippen LogP contribution in [0.4, 0.5) is 0 Å². The fraction of sp³-hybridized carbons (Fsp3) is 0.125. The van der Waals surface area contributed by atoms with Crippen LogP contribution in [0.15, 0.2) is 29.9 Å². The van der Waals surface area contributed by atoms with Crippen molar-refractivity contribution in [1.29, 1.82) is 0 Å². The van der Waals surface area contributed by atoms with Crippen LogP contribution in [-0.4, -0.2) is 13.4 Å². The molecule has 4 nitrogen and oxygen atoms in total. The first-order valence-electron chi connectivity index (χ1n) is 3.53. The van der Waals surface area contributed by atoms with E-state index in [0.717, 1.165) is 11.1 Å². The SMILES string of the molecule is C=C(C)c1ccc(S([NH-])(=O)=O)nc1.[K+]. The van der Waals surface area contributed by atoms with Gasteiger partial charge in [-0.1, -0.05) is 12.6 Å². The molecule has 1 heterocycles. The number of allylic oxidation sites excluding steroid dienone is 1. The Morgan fingerprint density at radius 2 is 2.07 bits per heavy atom. The van der Waals surface area contributed by atoms with E-state index in [0.29, 0.717) is 0 Å². The van der Waals surface area contributed by atoms with E-state index in [1.165, 1.54) is 12.3 Å². The second-order valence-electron chi connectivity index (χ2n) is 2.67. The van der Waals surface area contributed by atoms with Gasteiger partial charge in [0.2, 0.25) is 0 Å². The molecule has 1 aromatic rings. The summed E-state index contributed by atoms with van der Waals surface area (Å²) >= 11 is 0. The van der Waals surface area contributed by atoms with Gasteiger partial charge in [0, 0.05) is 6.20 Å². The predicted molar refractivity (Wildman–Crippen MR) is 50.5 cm³/mol. The number of pyridine rings is 1. The minimum absolute atomic E-state index is 0. The standard InChI is InChI=1S/C8H9N2O2S.K/c1-6(2)7-3-4-8(10-5-7)13(9,11)12;/h3-5H,1H2,2H3,(H-,9,11,12);/q-1;+1. The average Bonchev–Trinajstić information content (AvgIpc) is 2.03. The Hall–Kier alpha value is 0.436. The van der Waals surface area contributed by atoms with Crippen LogP contribution < -0.4 is 51.4 Å². The molecule has 1 N–H and O–H groups in total. The minimum atomic E-state index is -3.94. The van der Waals surface area contributed by atoms with Gasteiger partial charge in [0.25, 0.3) is 0 Å². The topological polar surface area (TPSA) is 70.8 Å². The number of nitrogens with one attached hydrogen (secondary N) is 1. The maximum Gasteiger partial charge on any atom is 1.00 e. The fourth-order valence-corrected chi connectivity index (χ4v) is 1.23. The molecule has 0 bridgehead atoms. The molecule has 0 fully saturated rings. The van der Waals surface area contributed by atoms with E-state index < -0.39 is 10.0 Å². The molecule has 0 saturated carbocycles. The van der Waals surface area contributed by atoms with Crippen LogP contribution in [0.2, 0.25) is 0 Å². The van der Waals surface area contributed by atoms with Crippen LogP contribution >= 0.6 is 0 Å². The maximum atomic E-state index is 10.7. The monoisotopic (exact) mass is 236 g/mol. The minimum Gasteiger partial charge on any atom is -0.558 e. The summed E-state index contributed by atoms with van der Waals surface area (Å²) in [5.41, 5.74) is 1.58. The largest absolute Gasteiger partial charge is 1.00 e. The van der Waals surface area contributed by atoms with E-state index >= 15 is 0 Å². The molecule has 0 saturated heterocycles. The van der Waals surface area contributed by atoms with Gasteiger partial charge in [-0.3, -0.25) is 0 Å². The third-order valence-corrected chi connectivity index (χ3v) is 2.30. The van der Waals surface area contributed by atoms with E-state index in [1.54, 1.807) is 13.0 Å². The number of rotatable bonds is 2. The van der Waals surface area contributed by atoms with Gasteiger partial charge in [0.1, 0.15) is 15.0 Å². The van der Waals surface area contributed by atoms with Crippen molar-refractivity contribution in [1.82, 2.24) is 4.98 Å². The Labute approximate surface area is 126 Å². The molecule has 0 aromatic carbocycles. The zero-order valence-corrected chi connectivity index (χ0v) is 12.1. The molecule has 0 spiro atoms. The van der Waals surface area contributed by atoms with Crippen molar-refractivity contribution in [2.45, 2.75) is 11.9 Å². The van der Waals surface area contributed by atoms with Crippen LogP contribution in [0.3, 0.4) is 0 Å². The first-order chi connectivity index (χ1) is 5.91. The number of sulfonamides is 1. The van der Waals surface area contributed by atoms with Crippen molar-refractivity contribution in [3.63, 3.8) is 0 Å².